The van der Waals surface area contributed by atoms with Crippen LogP contribution in [0.2, 0.25) is 0 Å². The second kappa shape index (κ2) is 5.13. The molecule has 1 fully saturated rings. The van der Waals surface area contributed by atoms with Gasteiger partial charge in [-0.3, -0.25) is 0 Å². The molecule has 2 atom stereocenters. The Morgan fingerprint density at radius 3 is 2.74 bits per heavy atom. The largest absolute Gasteiger partial charge is 0.307 e. The molecular formula is C15H20N4. The van der Waals surface area contributed by atoms with Crippen LogP contribution in [0.25, 0.3) is 0 Å². The van der Waals surface area contributed by atoms with Crippen molar-refractivity contribution in [2.24, 2.45) is 0 Å². The summed E-state index contributed by atoms with van der Waals surface area (Å²) in [6.07, 6.45) is 2.37. The Balaban J connectivity index is 1.97. The summed E-state index contributed by atoms with van der Waals surface area (Å²) >= 11 is 0. The lowest BCUT2D eigenvalue weighted by Gasteiger charge is -2.20. The fraction of sp³-hybridized carbons (Fsp3) is 0.467. The van der Waals surface area contributed by atoms with Crippen molar-refractivity contribution in [1.82, 2.24) is 20.1 Å². The summed E-state index contributed by atoms with van der Waals surface area (Å²) in [4.78, 5) is 0. The van der Waals surface area contributed by atoms with Gasteiger partial charge in [-0.25, -0.2) is 0 Å². The topological polar surface area (TPSA) is 42.7 Å². The van der Waals surface area contributed by atoms with E-state index >= 15 is 0 Å². The maximum absolute atomic E-state index is 4.39. The zero-order chi connectivity index (χ0) is 13.2. The number of aromatic nitrogens is 3. The highest BCUT2D eigenvalue weighted by molar-refractivity contribution is 5.21. The molecular weight excluding hydrogens is 236 g/mol. The Hall–Kier alpha value is -1.68. The average molecular weight is 256 g/mol. The zero-order valence-electron chi connectivity index (χ0n) is 11.5. The van der Waals surface area contributed by atoms with Crippen LogP contribution in [0.3, 0.4) is 0 Å². The Kier molecular flexibility index (Phi) is 3.34. The Morgan fingerprint density at radius 1 is 1.26 bits per heavy atom. The minimum absolute atomic E-state index is 0.272. The van der Waals surface area contributed by atoms with Crippen LogP contribution in [0.1, 0.15) is 49.1 Å². The first kappa shape index (κ1) is 12.4. The van der Waals surface area contributed by atoms with Crippen molar-refractivity contribution in [2.75, 3.05) is 6.54 Å². The second-order valence-corrected chi connectivity index (χ2v) is 5.21. The van der Waals surface area contributed by atoms with Crippen LogP contribution in [0.4, 0.5) is 0 Å². The van der Waals surface area contributed by atoms with Gasteiger partial charge in [-0.2, -0.15) is 0 Å². The number of nitrogens with one attached hydrogen (secondary N) is 1. The number of rotatable bonds is 3. The van der Waals surface area contributed by atoms with E-state index in [0.29, 0.717) is 6.04 Å². The van der Waals surface area contributed by atoms with Crippen molar-refractivity contribution in [3.63, 3.8) is 0 Å². The van der Waals surface area contributed by atoms with Gasteiger partial charge in [-0.05, 0) is 38.8 Å². The minimum Gasteiger partial charge on any atom is -0.307 e. The fourth-order valence-corrected chi connectivity index (χ4v) is 2.89. The lowest BCUT2D eigenvalue weighted by Crippen LogP contribution is -2.21. The molecule has 1 aliphatic heterocycles. The van der Waals surface area contributed by atoms with E-state index in [1.807, 2.05) is 6.92 Å². The third kappa shape index (κ3) is 2.28. The first-order valence-corrected chi connectivity index (χ1v) is 6.97. The van der Waals surface area contributed by atoms with Gasteiger partial charge in [0.05, 0.1) is 12.1 Å². The monoisotopic (exact) mass is 256 g/mol. The van der Waals surface area contributed by atoms with Gasteiger partial charge < -0.3 is 9.88 Å². The molecule has 1 saturated heterocycles. The van der Waals surface area contributed by atoms with Crippen LogP contribution < -0.4 is 5.32 Å². The van der Waals surface area contributed by atoms with Gasteiger partial charge >= 0.3 is 0 Å². The van der Waals surface area contributed by atoms with Crippen LogP contribution in [-0.4, -0.2) is 21.3 Å². The van der Waals surface area contributed by atoms with Gasteiger partial charge in [0.1, 0.15) is 5.82 Å². The summed E-state index contributed by atoms with van der Waals surface area (Å²) in [6, 6.07) is 11.2. The summed E-state index contributed by atoms with van der Waals surface area (Å²) in [5.41, 5.74) is 1.30. The SMILES string of the molecule is Cc1nnc(C2CCCN2)n1C(C)c1ccccc1. The van der Waals surface area contributed by atoms with E-state index in [2.05, 4.69) is 57.3 Å². The predicted octanol–water partition coefficient (Wildman–Crippen LogP) is 2.62. The molecule has 1 N–H and O–H groups in total. The van der Waals surface area contributed by atoms with Crippen molar-refractivity contribution >= 4 is 0 Å². The van der Waals surface area contributed by atoms with Crippen LogP contribution in [0, 0.1) is 6.92 Å². The number of aryl methyl sites for hydroxylation is 1. The van der Waals surface area contributed by atoms with Gasteiger partial charge in [0.2, 0.25) is 0 Å². The molecule has 1 aliphatic rings. The fourth-order valence-electron chi connectivity index (χ4n) is 2.89. The van der Waals surface area contributed by atoms with Crippen LogP contribution in [0.15, 0.2) is 30.3 Å². The summed E-state index contributed by atoms with van der Waals surface area (Å²) in [7, 11) is 0. The van der Waals surface area contributed by atoms with E-state index in [0.717, 1.165) is 24.6 Å². The van der Waals surface area contributed by atoms with E-state index in [-0.39, 0.29) is 6.04 Å². The maximum Gasteiger partial charge on any atom is 0.150 e. The van der Waals surface area contributed by atoms with Gasteiger partial charge in [-0.15, -0.1) is 10.2 Å². The van der Waals surface area contributed by atoms with Crippen molar-refractivity contribution in [3.8, 4) is 0 Å². The second-order valence-electron chi connectivity index (χ2n) is 5.21. The van der Waals surface area contributed by atoms with Gasteiger partial charge in [0, 0.05) is 0 Å². The number of benzene rings is 1. The Bertz CT molecular complexity index is 541. The molecule has 0 bridgehead atoms. The molecule has 0 amide bonds. The molecule has 2 heterocycles. The van der Waals surface area contributed by atoms with E-state index in [1.165, 1.54) is 12.0 Å². The summed E-state index contributed by atoms with van der Waals surface area (Å²) < 4.78 is 2.26. The molecule has 4 heteroatoms. The van der Waals surface area contributed by atoms with Crippen LogP contribution in [-0.2, 0) is 0 Å². The molecule has 1 aromatic heterocycles. The third-order valence-corrected chi connectivity index (χ3v) is 3.93. The lowest BCUT2D eigenvalue weighted by molar-refractivity contribution is 0.517. The Morgan fingerprint density at radius 2 is 2.05 bits per heavy atom. The highest BCUT2D eigenvalue weighted by Crippen LogP contribution is 2.27. The molecule has 1 aromatic carbocycles. The molecule has 100 valence electrons. The quantitative estimate of drug-likeness (QED) is 0.918. The lowest BCUT2D eigenvalue weighted by atomic mass is 10.1. The van der Waals surface area contributed by atoms with Gasteiger partial charge in [-0.1, -0.05) is 30.3 Å². The number of hydrogen-bond donors (Lipinski definition) is 1. The molecule has 3 rings (SSSR count). The molecule has 0 saturated carbocycles. The van der Waals surface area contributed by atoms with Crippen molar-refractivity contribution in [3.05, 3.63) is 47.5 Å². The normalized spacial score (nSPS) is 20.6. The van der Waals surface area contributed by atoms with Gasteiger partial charge in [0.15, 0.2) is 5.82 Å². The molecule has 4 nitrogen and oxygen atoms in total. The number of hydrogen-bond acceptors (Lipinski definition) is 3. The molecule has 2 aromatic rings. The van der Waals surface area contributed by atoms with E-state index < -0.39 is 0 Å². The van der Waals surface area contributed by atoms with Crippen LogP contribution in [0.5, 0.6) is 0 Å². The maximum atomic E-state index is 4.39. The summed E-state index contributed by atoms with van der Waals surface area (Å²) in [6.45, 7) is 5.32. The molecule has 2 unspecified atom stereocenters. The summed E-state index contributed by atoms with van der Waals surface area (Å²) in [5.74, 6) is 2.06. The van der Waals surface area contributed by atoms with Crippen molar-refractivity contribution in [2.45, 2.75) is 38.8 Å². The van der Waals surface area contributed by atoms with Crippen molar-refractivity contribution in [1.29, 1.82) is 0 Å². The van der Waals surface area contributed by atoms with Crippen LogP contribution >= 0.6 is 0 Å². The third-order valence-electron chi connectivity index (χ3n) is 3.93. The van der Waals surface area contributed by atoms with Gasteiger partial charge in [0.25, 0.3) is 0 Å². The van der Waals surface area contributed by atoms with Crippen molar-refractivity contribution < 1.29 is 0 Å². The number of nitrogens with zero attached hydrogens (tertiary/aromatic N) is 3. The minimum atomic E-state index is 0.272. The smallest absolute Gasteiger partial charge is 0.150 e. The summed E-state index contributed by atoms with van der Waals surface area (Å²) in [5, 5.41) is 12.2. The van der Waals surface area contributed by atoms with E-state index in [1.54, 1.807) is 0 Å². The highest BCUT2D eigenvalue weighted by atomic mass is 15.3. The molecule has 0 spiro atoms. The molecule has 19 heavy (non-hydrogen) atoms. The predicted molar refractivity (Wildman–Crippen MR) is 75.0 cm³/mol. The Labute approximate surface area is 113 Å². The zero-order valence-corrected chi connectivity index (χ0v) is 11.5. The average Bonchev–Trinajstić information content (AvgIpc) is 3.08. The standard InChI is InChI=1S/C15H20N4/c1-11(13-7-4-3-5-8-13)19-12(2)17-18-15(19)14-9-6-10-16-14/h3-5,7-8,11,14,16H,6,9-10H2,1-2H3. The first-order chi connectivity index (χ1) is 9.27. The molecule has 0 aliphatic carbocycles. The molecule has 0 radical (unpaired) electrons. The van der Waals surface area contributed by atoms with E-state index in [4.69, 9.17) is 0 Å². The first-order valence-electron chi connectivity index (χ1n) is 6.97. The highest BCUT2D eigenvalue weighted by Gasteiger charge is 2.25. The van der Waals surface area contributed by atoms with E-state index in [9.17, 15) is 0 Å².